The molecule has 1 nitrogen and oxygen atoms in total. The largest absolute Gasteiger partial charge is 0.294 e. The highest BCUT2D eigenvalue weighted by Crippen LogP contribution is 2.16. The SMILES string of the molecule is CCCCCCCC(=O)c1ccccc1CCCCl. The van der Waals surface area contributed by atoms with Crippen molar-refractivity contribution in [3.8, 4) is 0 Å². The zero-order valence-corrected chi connectivity index (χ0v) is 12.7. The van der Waals surface area contributed by atoms with Crippen LogP contribution in [0.3, 0.4) is 0 Å². The summed E-state index contributed by atoms with van der Waals surface area (Å²) in [6.07, 6.45) is 8.48. The second kappa shape index (κ2) is 10.0. The summed E-state index contributed by atoms with van der Waals surface area (Å²) in [5.41, 5.74) is 2.06. The van der Waals surface area contributed by atoms with Crippen LogP contribution in [0.25, 0.3) is 0 Å². The van der Waals surface area contributed by atoms with E-state index in [0.29, 0.717) is 18.1 Å². The lowest BCUT2D eigenvalue weighted by Gasteiger charge is -2.08. The molecule has 106 valence electrons. The monoisotopic (exact) mass is 280 g/mol. The van der Waals surface area contributed by atoms with Crippen molar-refractivity contribution in [2.24, 2.45) is 0 Å². The molecule has 0 aliphatic rings. The number of halogens is 1. The number of hydrogen-bond acceptors (Lipinski definition) is 1. The molecule has 1 aromatic rings. The summed E-state index contributed by atoms with van der Waals surface area (Å²) in [5, 5.41) is 0. The summed E-state index contributed by atoms with van der Waals surface area (Å²) in [7, 11) is 0. The molecule has 0 fully saturated rings. The molecule has 0 aliphatic carbocycles. The van der Waals surface area contributed by atoms with Gasteiger partial charge in [-0.05, 0) is 24.8 Å². The Morgan fingerprint density at radius 3 is 2.53 bits per heavy atom. The van der Waals surface area contributed by atoms with E-state index in [1.807, 2.05) is 18.2 Å². The van der Waals surface area contributed by atoms with Crippen LogP contribution in [0.1, 0.15) is 67.8 Å². The highest BCUT2D eigenvalue weighted by molar-refractivity contribution is 6.17. The van der Waals surface area contributed by atoms with Gasteiger partial charge in [0.15, 0.2) is 5.78 Å². The molecule has 19 heavy (non-hydrogen) atoms. The Kier molecular flexibility index (Phi) is 8.57. The first kappa shape index (κ1) is 16.2. The van der Waals surface area contributed by atoms with Crippen molar-refractivity contribution in [2.75, 3.05) is 5.88 Å². The summed E-state index contributed by atoms with van der Waals surface area (Å²) in [4.78, 5) is 12.2. The van der Waals surface area contributed by atoms with Crippen molar-refractivity contribution < 1.29 is 4.79 Å². The molecule has 1 rings (SSSR count). The third-order valence-electron chi connectivity index (χ3n) is 3.40. The predicted molar refractivity (Wildman–Crippen MR) is 83.2 cm³/mol. The van der Waals surface area contributed by atoms with Gasteiger partial charge in [0.2, 0.25) is 0 Å². The summed E-state index contributed by atoms with van der Waals surface area (Å²) in [6.45, 7) is 2.21. The van der Waals surface area contributed by atoms with Gasteiger partial charge < -0.3 is 0 Å². The Morgan fingerprint density at radius 1 is 1.05 bits per heavy atom. The Morgan fingerprint density at radius 2 is 1.79 bits per heavy atom. The van der Waals surface area contributed by atoms with Gasteiger partial charge in [-0.1, -0.05) is 56.9 Å². The maximum absolute atomic E-state index is 12.2. The number of hydrogen-bond donors (Lipinski definition) is 0. The maximum Gasteiger partial charge on any atom is 0.163 e. The zero-order chi connectivity index (χ0) is 13.9. The first-order chi connectivity index (χ1) is 9.29. The fourth-order valence-electron chi connectivity index (χ4n) is 2.29. The lowest BCUT2D eigenvalue weighted by molar-refractivity contribution is 0.0978. The highest BCUT2D eigenvalue weighted by Gasteiger charge is 2.10. The number of benzene rings is 1. The normalized spacial score (nSPS) is 10.6. The first-order valence-corrected chi connectivity index (χ1v) is 8.00. The van der Waals surface area contributed by atoms with Gasteiger partial charge in [0, 0.05) is 17.9 Å². The second-order valence-electron chi connectivity index (χ2n) is 5.04. The molecular formula is C17H25ClO. The first-order valence-electron chi connectivity index (χ1n) is 7.46. The van der Waals surface area contributed by atoms with Crippen molar-refractivity contribution in [1.29, 1.82) is 0 Å². The molecule has 0 N–H and O–H groups in total. The number of alkyl halides is 1. The standard InChI is InChI=1S/C17H25ClO/c1-2-3-4-5-6-13-17(19)16-12-8-7-10-15(16)11-9-14-18/h7-8,10,12H,2-6,9,11,13-14H2,1H3. The Hall–Kier alpha value is -0.820. The smallest absolute Gasteiger partial charge is 0.163 e. The van der Waals surface area contributed by atoms with Gasteiger partial charge in [0.1, 0.15) is 0 Å². The predicted octanol–water partition coefficient (Wildman–Crippen LogP) is 5.40. The molecule has 0 aliphatic heterocycles. The van der Waals surface area contributed by atoms with E-state index in [4.69, 9.17) is 11.6 Å². The molecule has 0 spiro atoms. The van der Waals surface area contributed by atoms with E-state index in [0.717, 1.165) is 30.4 Å². The Labute approximate surface area is 122 Å². The van der Waals surface area contributed by atoms with E-state index in [-0.39, 0.29) is 0 Å². The van der Waals surface area contributed by atoms with Crippen molar-refractivity contribution in [1.82, 2.24) is 0 Å². The van der Waals surface area contributed by atoms with Gasteiger partial charge in [-0.15, -0.1) is 11.6 Å². The number of aryl methyl sites for hydroxylation is 1. The Balaban J connectivity index is 2.46. The Bertz CT molecular complexity index is 373. The average Bonchev–Trinajstić information content (AvgIpc) is 2.45. The molecule has 2 heteroatoms. The molecule has 0 unspecified atom stereocenters. The number of unbranched alkanes of at least 4 members (excludes halogenated alkanes) is 4. The summed E-state index contributed by atoms with van der Waals surface area (Å²) in [5.74, 6) is 0.946. The van der Waals surface area contributed by atoms with Crippen LogP contribution in [-0.4, -0.2) is 11.7 Å². The summed E-state index contributed by atoms with van der Waals surface area (Å²) >= 11 is 5.73. The molecule has 0 radical (unpaired) electrons. The lowest BCUT2D eigenvalue weighted by Crippen LogP contribution is -2.04. The van der Waals surface area contributed by atoms with Crippen LogP contribution >= 0.6 is 11.6 Å². The molecular weight excluding hydrogens is 256 g/mol. The highest BCUT2D eigenvalue weighted by atomic mass is 35.5. The van der Waals surface area contributed by atoms with Crippen LogP contribution in [0, 0.1) is 0 Å². The lowest BCUT2D eigenvalue weighted by atomic mass is 9.97. The van der Waals surface area contributed by atoms with Crippen LogP contribution in [-0.2, 0) is 6.42 Å². The van der Waals surface area contributed by atoms with Crippen LogP contribution in [0.4, 0.5) is 0 Å². The summed E-state index contributed by atoms with van der Waals surface area (Å²) in [6, 6.07) is 7.96. The molecule has 0 heterocycles. The third-order valence-corrected chi connectivity index (χ3v) is 3.67. The number of ketones is 1. The van der Waals surface area contributed by atoms with Crippen molar-refractivity contribution in [2.45, 2.75) is 58.3 Å². The van der Waals surface area contributed by atoms with Crippen molar-refractivity contribution in [3.63, 3.8) is 0 Å². The number of carbonyl (C=O) groups is 1. The quantitative estimate of drug-likeness (QED) is 0.318. The van der Waals surface area contributed by atoms with E-state index in [1.54, 1.807) is 0 Å². The second-order valence-corrected chi connectivity index (χ2v) is 5.42. The van der Waals surface area contributed by atoms with E-state index in [1.165, 1.54) is 25.7 Å². The molecule has 0 saturated carbocycles. The van der Waals surface area contributed by atoms with Crippen molar-refractivity contribution in [3.05, 3.63) is 35.4 Å². The van der Waals surface area contributed by atoms with Gasteiger partial charge in [0.25, 0.3) is 0 Å². The van der Waals surface area contributed by atoms with Gasteiger partial charge >= 0.3 is 0 Å². The van der Waals surface area contributed by atoms with E-state index in [9.17, 15) is 4.79 Å². The average molecular weight is 281 g/mol. The van der Waals surface area contributed by atoms with Crippen LogP contribution < -0.4 is 0 Å². The van der Waals surface area contributed by atoms with Gasteiger partial charge in [-0.2, -0.15) is 0 Å². The fraction of sp³-hybridized carbons (Fsp3) is 0.588. The van der Waals surface area contributed by atoms with Gasteiger partial charge in [-0.3, -0.25) is 4.79 Å². The summed E-state index contributed by atoms with van der Waals surface area (Å²) < 4.78 is 0. The molecule has 0 bridgehead atoms. The number of Topliss-reactive ketones (excluding diaryl/α,β-unsaturated/α-hetero) is 1. The molecule has 0 saturated heterocycles. The zero-order valence-electron chi connectivity index (χ0n) is 12.0. The van der Waals surface area contributed by atoms with Crippen molar-refractivity contribution >= 4 is 17.4 Å². The molecule has 0 amide bonds. The minimum Gasteiger partial charge on any atom is -0.294 e. The van der Waals surface area contributed by atoms with Gasteiger partial charge in [0.05, 0.1) is 0 Å². The number of carbonyl (C=O) groups excluding carboxylic acids is 1. The van der Waals surface area contributed by atoms with E-state index >= 15 is 0 Å². The molecule has 1 aromatic carbocycles. The minimum absolute atomic E-state index is 0.293. The topological polar surface area (TPSA) is 17.1 Å². The van der Waals surface area contributed by atoms with Crippen LogP contribution in [0.2, 0.25) is 0 Å². The number of rotatable bonds is 10. The fourth-order valence-corrected chi connectivity index (χ4v) is 2.43. The van der Waals surface area contributed by atoms with Gasteiger partial charge in [-0.25, -0.2) is 0 Å². The van der Waals surface area contributed by atoms with Crippen LogP contribution in [0.5, 0.6) is 0 Å². The minimum atomic E-state index is 0.293. The van der Waals surface area contributed by atoms with Crippen LogP contribution in [0.15, 0.2) is 24.3 Å². The van der Waals surface area contributed by atoms with E-state index in [2.05, 4.69) is 13.0 Å². The third kappa shape index (κ3) is 6.24. The molecule has 0 aromatic heterocycles. The maximum atomic E-state index is 12.2. The molecule has 0 atom stereocenters. The van der Waals surface area contributed by atoms with E-state index < -0.39 is 0 Å².